The van der Waals surface area contributed by atoms with Gasteiger partial charge in [-0.15, -0.1) is 0 Å². The number of hydrogen-bond donors (Lipinski definition) is 2. The quantitative estimate of drug-likeness (QED) is 0.611. The second-order valence-corrected chi connectivity index (χ2v) is 8.59. The van der Waals surface area contributed by atoms with Crippen molar-refractivity contribution < 1.29 is 4.79 Å². The normalized spacial score (nSPS) is 17.8. The average Bonchev–Trinajstić information content (AvgIpc) is 3.17. The van der Waals surface area contributed by atoms with Gasteiger partial charge in [-0.3, -0.25) is 4.79 Å². The molecule has 4 nitrogen and oxygen atoms in total. The largest absolute Gasteiger partial charge is 0.385 e. The summed E-state index contributed by atoms with van der Waals surface area (Å²) in [6, 6.07) is 20.6. The Morgan fingerprint density at radius 1 is 1.13 bits per heavy atom. The summed E-state index contributed by atoms with van der Waals surface area (Å²) >= 11 is 0. The number of amides is 1. The standard InChI is InChI=1S/C26H31N3O/c1-18-11-12-22(27-16-20-13-14-29(3)17-20)15-25(18)26(30)28-19(2)23-10-6-8-21-7-4-5-9-24(21)23/h4-12,15,19-20,27H,13-14,16-17H2,1-3H3,(H,28,30)/t19-,20?/m1/s1. The van der Waals surface area contributed by atoms with Crippen LogP contribution in [0.1, 0.15) is 40.9 Å². The number of nitrogens with one attached hydrogen (secondary N) is 2. The minimum Gasteiger partial charge on any atom is -0.385 e. The monoisotopic (exact) mass is 401 g/mol. The maximum absolute atomic E-state index is 13.1. The molecule has 2 atom stereocenters. The van der Waals surface area contributed by atoms with E-state index in [-0.39, 0.29) is 11.9 Å². The van der Waals surface area contributed by atoms with Crippen molar-refractivity contribution in [3.63, 3.8) is 0 Å². The van der Waals surface area contributed by atoms with E-state index in [1.807, 2.05) is 38.1 Å². The molecule has 0 bridgehead atoms. The van der Waals surface area contributed by atoms with Crippen LogP contribution in [-0.2, 0) is 0 Å². The first-order chi connectivity index (χ1) is 14.5. The number of carbonyl (C=O) groups is 1. The summed E-state index contributed by atoms with van der Waals surface area (Å²) in [5.74, 6) is 0.636. The smallest absolute Gasteiger partial charge is 0.252 e. The van der Waals surface area contributed by atoms with Gasteiger partial charge < -0.3 is 15.5 Å². The van der Waals surface area contributed by atoms with Crippen molar-refractivity contribution in [2.45, 2.75) is 26.3 Å². The highest BCUT2D eigenvalue weighted by Gasteiger charge is 2.19. The van der Waals surface area contributed by atoms with Crippen LogP contribution in [-0.4, -0.2) is 37.5 Å². The molecule has 1 aliphatic heterocycles. The Hall–Kier alpha value is -2.85. The van der Waals surface area contributed by atoms with Crippen LogP contribution in [0.5, 0.6) is 0 Å². The molecule has 0 aliphatic carbocycles. The fourth-order valence-electron chi connectivity index (χ4n) is 4.41. The van der Waals surface area contributed by atoms with Crippen LogP contribution in [0.2, 0.25) is 0 Å². The topological polar surface area (TPSA) is 44.4 Å². The Morgan fingerprint density at radius 2 is 1.93 bits per heavy atom. The SMILES string of the molecule is Cc1ccc(NCC2CCN(C)C2)cc1C(=O)N[C@H](C)c1cccc2ccccc12. The maximum Gasteiger partial charge on any atom is 0.252 e. The Bertz CT molecular complexity index is 1040. The summed E-state index contributed by atoms with van der Waals surface area (Å²) in [6.45, 7) is 7.29. The molecule has 1 unspecified atom stereocenters. The van der Waals surface area contributed by atoms with Crippen LogP contribution in [0.25, 0.3) is 10.8 Å². The van der Waals surface area contributed by atoms with Crippen molar-refractivity contribution in [2.24, 2.45) is 5.92 Å². The number of carbonyl (C=O) groups excluding carboxylic acids is 1. The summed E-state index contributed by atoms with van der Waals surface area (Å²) in [5.41, 5.74) is 3.87. The number of likely N-dealkylation sites (tertiary alicyclic amines) is 1. The third-order valence-corrected chi connectivity index (χ3v) is 6.20. The van der Waals surface area contributed by atoms with Crippen molar-refractivity contribution in [3.8, 4) is 0 Å². The average molecular weight is 402 g/mol. The van der Waals surface area contributed by atoms with E-state index in [1.54, 1.807) is 0 Å². The van der Waals surface area contributed by atoms with Gasteiger partial charge in [-0.2, -0.15) is 0 Å². The lowest BCUT2D eigenvalue weighted by Gasteiger charge is -2.18. The van der Waals surface area contributed by atoms with E-state index in [4.69, 9.17) is 0 Å². The minimum absolute atomic E-state index is 0.0304. The van der Waals surface area contributed by atoms with Crippen molar-refractivity contribution >= 4 is 22.4 Å². The van der Waals surface area contributed by atoms with Gasteiger partial charge in [-0.05, 0) is 73.8 Å². The first-order valence-electron chi connectivity index (χ1n) is 10.8. The molecule has 4 heteroatoms. The van der Waals surface area contributed by atoms with Gasteiger partial charge in [0.2, 0.25) is 0 Å². The molecule has 3 aromatic carbocycles. The van der Waals surface area contributed by atoms with E-state index in [0.29, 0.717) is 5.92 Å². The first-order valence-corrected chi connectivity index (χ1v) is 10.8. The Labute approximate surface area is 179 Å². The summed E-state index contributed by atoms with van der Waals surface area (Å²) in [4.78, 5) is 15.5. The van der Waals surface area contributed by atoms with E-state index in [9.17, 15) is 4.79 Å². The van der Waals surface area contributed by atoms with Gasteiger partial charge in [0.25, 0.3) is 5.91 Å². The number of anilines is 1. The number of rotatable bonds is 6. The molecule has 4 rings (SSSR count). The third kappa shape index (κ3) is 4.49. The van der Waals surface area contributed by atoms with Crippen molar-refractivity contribution in [3.05, 3.63) is 77.4 Å². The molecule has 0 radical (unpaired) electrons. The van der Waals surface area contributed by atoms with Gasteiger partial charge in [0.15, 0.2) is 0 Å². The molecule has 1 heterocycles. The molecule has 1 aliphatic rings. The number of hydrogen-bond acceptors (Lipinski definition) is 3. The number of nitrogens with zero attached hydrogens (tertiary/aromatic N) is 1. The zero-order chi connectivity index (χ0) is 21.1. The molecule has 30 heavy (non-hydrogen) atoms. The molecule has 0 spiro atoms. The zero-order valence-electron chi connectivity index (χ0n) is 18.1. The lowest BCUT2D eigenvalue weighted by molar-refractivity contribution is 0.0939. The van der Waals surface area contributed by atoms with Crippen LogP contribution in [0.4, 0.5) is 5.69 Å². The zero-order valence-corrected chi connectivity index (χ0v) is 18.1. The summed E-state index contributed by atoms with van der Waals surface area (Å²) in [6.07, 6.45) is 1.23. The van der Waals surface area contributed by atoms with E-state index in [2.05, 4.69) is 59.0 Å². The van der Waals surface area contributed by atoms with Crippen LogP contribution in [0.3, 0.4) is 0 Å². The molecule has 1 amide bonds. The van der Waals surface area contributed by atoms with Gasteiger partial charge in [0, 0.05) is 24.3 Å². The maximum atomic E-state index is 13.1. The molecule has 3 aromatic rings. The second kappa shape index (κ2) is 8.88. The molecular formula is C26H31N3O. The fraction of sp³-hybridized carbons (Fsp3) is 0.346. The number of fused-ring (bicyclic) bond motifs is 1. The molecule has 1 saturated heterocycles. The van der Waals surface area contributed by atoms with E-state index < -0.39 is 0 Å². The minimum atomic E-state index is -0.0753. The van der Waals surface area contributed by atoms with Crippen molar-refractivity contribution in [1.82, 2.24) is 10.2 Å². The Morgan fingerprint density at radius 3 is 2.73 bits per heavy atom. The molecule has 1 fully saturated rings. The highest BCUT2D eigenvalue weighted by molar-refractivity contribution is 5.97. The van der Waals surface area contributed by atoms with Gasteiger partial charge in [0.1, 0.15) is 0 Å². The molecular weight excluding hydrogens is 370 g/mol. The van der Waals surface area contributed by atoms with Gasteiger partial charge in [-0.25, -0.2) is 0 Å². The molecule has 0 aromatic heterocycles. The van der Waals surface area contributed by atoms with Crippen LogP contribution < -0.4 is 10.6 Å². The van der Waals surface area contributed by atoms with Crippen LogP contribution in [0.15, 0.2) is 60.7 Å². The Balaban J connectivity index is 1.47. The lowest BCUT2D eigenvalue weighted by atomic mass is 9.99. The second-order valence-electron chi connectivity index (χ2n) is 8.59. The van der Waals surface area contributed by atoms with Crippen LogP contribution in [0, 0.1) is 12.8 Å². The highest BCUT2D eigenvalue weighted by Crippen LogP contribution is 2.25. The van der Waals surface area contributed by atoms with Crippen molar-refractivity contribution in [2.75, 3.05) is 32.0 Å². The fourth-order valence-corrected chi connectivity index (χ4v) is 4.41. The van der Waals surface area contributed by atoms with Gasteiger partial charge in [0.05, 0.1) is 6.04 Å². The summed E-state index contributed by atoms with van der Waals surface area (Å²) in [7, 11) is 2.17. The lowest BCUT2D eigenvalue weighted by Crippen LogP contribution is -2.27. The van der Waals surface area contributed by atoms with Crippen molar-refractivity contribution in [1.29, 1.82) is 0 Å². The highest BCUT2D eigenvalue weighted by atomic mass is 16.1. The van der Waals surface area contributed by atoms with Gasteiger partial charge >= 0.3 is 0 Å². The molecule has 0 saturated carbocycles. The number of aryl methyl sites for hydroxylation is 1. The third-order valence-electron chi connectivity index (χ3n) is 6.20. The van der Waals surface area contributed by atoms with E-state index in [0.717, 1.165) is 35.5 Å². The predicted molar refractivity (Wildman–Crippen MR) is 125 cm³/mol. The Kier molecular flexibility index (Phi) is 6.05. The molecule has 156 valence electrons. The van der Waals surface area contributed by atoms with Gasteiger partial charge in [-0.1, -0.05) is 48.5 Å². The number of benzene rings is 3. The summed E-state index contributed by atoms with van der Waals surface area (Å²) < 4.78 is 0. The van der Waals surface area contributed by atoms with E-state index in [1.165, 1.54) is 23.7 Å². The summed E-state index contributed by atoms with van der Waals surface area (Å²) in [5, 5.41) is 9.11. The molecule has 2 N–H and O–H groups in total. The first kappa shape index (κ1) is 20.4. The predicted octanol–water partition coefficient (Wildman–Crippen LogP) is 5.00. The van der Waals surface area contributed by atoms with E-state index >= 15 is 0 Å². The van der Waals surface area contributed by atoms with Crippen LogP contribution >= 0.6 is 0 Å².